The Morgan fingerprint density at radius 3 is 2.93 bits per heavy atom. The lowest BCUT2D eigenvalue weighted by atomic mass is 10.1. The molecule has 1 atom stereocenters. The first-order valence-electron chi connectivity index (χ1n) is 4.72. The highest BCUT2D eigenvalue weighted by Gasteiger charge is 2.22. The Morgan fingerprint density at radius 2 is 2.43 bits per heavy atom. The zero-order valence-electron chi connectivity index (χ0n) is 8.87. The third-order valence-corrected chi connectivity index (χ3v) is 2.05. The van der Waals surface area contributed by atoms with Gasteiger partial charge in [-0.15, -0.1) is 0 Å². The van der Waals surface area contributed by atoms with Gasteiger partial charge in [0, 0.05) is 12.8 Å². The fourth-order valence-electron chi connectivity index (χ4n) is 1.26. The number of esters is 1. The van der Waals surface area contributed by atoms with Crippen LogP contribution in [0.3, 0.4) is 0 Å². The van der Waals surface area contributed by atoms with E-state index in [4.69, 9.17) is 9.47 Å². The van der Waals surface area contributed by atoms with Crippen LogP contribution >= 0.6 is 0 Å². The van der Waals surface area contributed by atoms with Crippen LogP contribution in [-0.2, 0) is 14.3 Å². The van der Waals surface area contributed by atoms with E-state index < -0.39 is 0 Å². The Hall–Kier alpha value is -1.25. The van der Waals surface area contributed by atoms with Crippen molar-refractivity contribution in [3.8, 4) is 0 Å². The number of carbonyl (C=O) groups excluding carboxylic acids is 1. The van der Waals surface area contributed by atoms with E-state index in [1.807, 2.05) is 13.8 Å². The molecular weight excluding hydrogens is 180 g/mol. The maximum Gasteiger partial charge on any atom is 0.373 e. The van der Waals surface area contributed by atoms with Gasteiger partial charge >= 0.3 is 5.97 Å². The Balaban J connectivity index is 2.51. The van der Waals surface area contributed by atoms with Crippen LogP contribution in [-0.4, -0.2) is 19.2 Å². The molecule has 1 unspecified atom stereocenters. The van der Waals surface area contributed by atoms with Crippen LogP contribution in [0.25, 0.3) is 0 Å². The Labute approximate surface area is 84.4 Å². The van der Waals surface area contributed by atoms with E-state index in [-0.39, 0.29) is 12.1 Å². The standard InChI is InChI=1S/C11H16O3/c1-8(2)4-5-9-6-7-10(13-3)11(12)14-9/h4,7,9H,5-6H2,1-3H3. The van der Waals surface area contributed by atoms with Gasteiger partial charge in [-0.25, -0.2) is 4.79 Å². The molecule has 0 aromatic heterocycles. The van der Waals surface area contributed by atoms with Gasteiger partial charge in [-0.1, -0.05) is 11.6 Å². The molecule has 0 aliphatic carbocycles. The molecule has 0 N–H and O–H groups in total. The maximum atomic E-state index is 11.2. The summed E-state index contributed by atoms with van der Waals surface area (Å²) in [5, 5.41) is 0. The molecule has 0 saturated carbocycles. The number of hydrogen-bond acceptors (Lipinski definition) is 3. The van der Waals surface area contributed by atoms with Crippen molar-refractivity contribution < 1.29 is 14.3 Å². The zero-order chi connectivity index (χ0) is 10.6. The van der Waals surface area contributed by atoms with Crippen LogP contribution in [0.5, 0.6) is 0 Å². The molecule has 3 nitrogen and oxygen atoms in total. The average Bonchev–Trinajstić information content (AvgIpc) is 2.15. The third kappa shape index (κ3) is 2.91. The normalized spacial score (nSPS) is 20.9. The van der Waals surface area contributed by atoms with E-state index in [0.717, 1.165) is 12.8 Å². The summed E-state index contributed by atoms with van der Waals surface area (Å²) in [6.45, 7) is 4.06. The van der Waals surface area contributed by atoms with Crippen molar-refractivity contribution in [2.24, 2.45) is 0 Å². The fraction of sp³-hybridized carbons (Fsp3) is 0.545. The highest BCUT2D eigenvalue weighted by molar-refractivity contribution is 5.87. The number of cyclic esters (lactones) is 1. The van der Waals surface area contributed by atoms with Crippen LogP contribution in [0.2, 0.25) is 0 Å². The quantitative estimate of drug-likeness (QED) is 0.512. The second kappa shape index (κ2) is 4.84. The largest absolute Gasteiger partial charge is 0.490 e. The molecular formula is C11H16O3. The highest BCUT2D eigenvalue weighted by atomic mass is 16.6. The van der Waals surface area contributed by atoms with Crippen LogP contribution in [0.4, 0.5) is 0 Å². The van der Waals surface area contributed by atoms with Crippen LogP contribution in [0, 0.1) is 0 Å². The predicted octanol–water partition coefficient (Wildman–Crippen LogP) is 2.19. The number of carbonyl (C=O) groups is 1. The minimum Gasteiger partial charge on any atom is -0.490 e. The first-order valence-corrected chi connectivity index (χ1v) is 4.72. The molecule has 3 heteroatoms. The Kier molecular flexibility index (Phi) is 3.74. The lowest BCUT2D eigenvalue weighted by molar-refractivity contribution is -0.149. The minimum absolute atomic E-state index is 0.0312. The van der Waals surface area contributed by atoms with Gasteiger partial charge in [-0.05, 0) is 19.9 Å². The van der Waals surface area contributed by atoms with Crippen molar-refractivity contribution in [2.75, 3.05) is 7.11 Å². The van der Waals surface area contributed by atoms with Gasteiger partial charge in [0.25, 0.3) is 0 Å². The summed E-state index contributed by atoms with van der Waals surface area (Å²) in [7, 11) is 1.48. The van der Waals surface area contributed by atoms with Crippen molar-refractivity contribution in [1.82, 2.24) is 0 Å². The first kappa shape index (κ1) is 10.8. The van der Waals surface area contributed by atoms with E-state index in [2.05, 4.69) is 6.08 Å². The molecule has 1 aliphatic rings. The topological polar surface area (TPSA) is 35.5 Å². The van der Waals surface area contributed by atoms with Crippen molar-refractivity contribution in [1.29, 1.82) is 0 Å². The first-order chi connectivity index (χ1) is 6.63. The smallest absolute Gasteiger partial charge is 0.373 e. The third-order valence-electron chi connectivity index (χ3n) is 2.05. The molecule has 0 fully saturated rings. The molecule has 1 rings (SSSR count). The number of ether oxygens (including phenoxy) is 2. The van der Waals surface area contributed by atoms with Gasteiger partial charge in [0.05, 0.1) is 7.11 Å². The molecule has 0 spiro atoms. The summed E-state index contributed by atoms with van der Waals surface area (Å²) in [5.74, 6) is -0.0376. The van der Waals surface area contributed by atoms with E-state index in [1.54, 1.807) is 6.08 Å². The molecule has 0 aromatic carbocycles. The molecule has 14 heavy (non-hydrogen) atoms. The lowest BCUT2D eigenvalue weighted by Gasteiger charge is -2.20. The highest BCUT2D eigenvalue weighted by Crippen LogP contribution is 2.17. The number of allylic oxidation sites excluding steroid dienone is 1. The summed E-state index contributed by atoms with van der Waals surface area (Å²) in [6.07, 6.45) is 5.34. The summed E-state index contributed by atoms with van der Waals surface area (Å²) >= 11 is 0. The van der Waals surface area contributed by atoms with Gasteiger partial charge in [0.15, 0.2) is 5.76 Å². The van der Waals surface area contributed by atoms with Crippen LogP contribution < -0.4 is 0 Å². The van der Waals surface area contributed by atoms with Crippen molar-refractivity contribution >= 4 is 5.97 Å². The maximum absolute atomic E-state index is 11.2. The molecule has 0 radical (unpaired) electrons. The number of rotatable bonds is 3. The lowest BCUT2D eigenvalue weighted by Crippen LogP contribution is -2.23. The SMILES string of the molecule is COC1=CCC(CC=C(C)C)OC1=O. The van der Waals surface area contributed by atoms with Crippen molar-refractivity contribution in [3.63, 3.8) is 0 Å². The van der Waals surface area contributed by atoms with Gasteiger partial charge in [0.2, 0.25) is 0 Å². The average molecular weight is 196 g/mol. The minimum atomic E-state index is -0.356. The Bertz CT molecular complexity index is 272. The van der Waals surface area contributed by atoms with Crippen molar-refractivity contribution in [2.45, 2.75) is 32.8 Å². The van der Waals surface area contributed by atoms with E-state index in [0.29, 0.717) is 5.76 Å². The second-order valence-electron chi connectivity index (χ2n) is 3.55. The van der Waals surface area contributed by atoms with Gasteiger partial charge in [0.1, 0.15) is 6.10 Å². The molecule has 0 aromatic rings. The van der Waals surface area contributed by atoms with Crippen LogP contribution in [0.1, 0.15) is 26.7 Å². The van der Waals surface area contributed by atoms with E-state index in [1.165, 1.54) is 12.7 Å². The molecule has 1 aliphatic heterocycles. The second-order valence-corrected chi connectivity index (χ2v) is 3.55. The monoisotopic (exact) mass is 196 g/mol. The molecule has 1 heterocycles. The van der Waals surface area contributed by atoms with Gasteiger partial charge in [-0.3, -0.25) is 0 Å². The zero-order valence-corrected chi connectivity index (χ0v) is 8.87. The Morgan fingerprint density at radius 1 is 1.71 bits per heavy atom. The van der Waals surface area contributed by atoms with E-state index in [9.17, 15) is 4.79 Å². The number of hydrogen-bond donors (Lipinski definition) is 0. The number of methoxy groups -OCH3 is 1. The van der Waals surface area contributed by atoms with E-state index >= 15 is 0 Å². The fourth-order valence-corrected chi connectivity index (χ4v) is 1.26. The summed E-state index contributed by atoms with van der Waals surface area (Å²) in [6, 6.07) is 0. The summed E-state index contributed by atoms with van der Waals surface area (Å²) in [4.78, 5) is 11.2. The molecule has 0 amide bonds. The van der Waals surface area contributed by atoms with Gasteiger partial charge < -0.3 is 9.47 Å². The summed E-state index contributed by atoms with van der Waals surface area (Å²) < 4.78 is 10.0. The van der Waals surface area contributed by atoms with Crippen molar-refractivity contribution in [3.05, 3.63) is 23.5 Å². The molecule has 78 valence electrons. The van der Waals surface area contributed by atoms with Gasteiger partial charge in [-0.2, -0.15) is 0 Å². The van der Waals surface area contributed by atoms with Crippen LogP contribution in [0.15, 0.2) is 23.5 Å². The molecule has 0 bridgehead atoms. The molecule has 0 saturated heterocycles. The summed E-state index contributed by atoms with van der Waals surface area (Å²) in [5.41, 5.74) is 1.24. The predicted molar refractivity (Wildman–Crippen MR) is 53.6 cm³/mol.